The molecular weight excluding hydrogens is 439 g/mol. The molecule has 0 radical (unpaired) electrons. The zero-order valence-electron chi connectivity index (χ0n) is 15.9. The molecule has 0 saturated heterocycles. The highest BCUT2D eigenvalue weighted by Crippen LogP contribution is 2.19. The van der Waals surface area contributed by atoms with E-state index >= 15 is 0 Å². The highest BCUT2D eigenvalue weighted by molar-refractivity contribution is 6.40. The van der Waals surface area contributed by atoms with Gasteiger partial charge in [-0.15, -0.1) is 0 Å². The number of amides is 3. The van der Waals surface area contributed by atoms with Crippen LogP contribution in [0.5, 0.6) is 0 Å². The summed E-state index contributed by atoms with van der Waals surface area (Å²) in [5.74, 6) is -2.43. The number of halogens is 2. The first-order chi connectivity index (χ1) is 14.9. The topological polar surface area (TPSA) is 99.7 Å². The van der Waals surface area contributed by atoms with Gasteiger partial charge in [-0.25, -0.2) is 5.43 Å². The van der Waals surface area contributed by atoms with E-state index in [4.69, 9.17) is 23.2 Å². The molecule has 0 aliphatic rings. The first-order valence-corrected chi connectivity index (χ1v) is 9.74. The van der Waals surface area contributed by atoms with Crippen molar-refractivity contribution in [3.05, 3.63) is 94.0 Å². The van der Waals surface area contributed by atoms with Gasteiger partial charge in [-0.05, 0) is 54.1 Å². The molecule has 156 valence electrons. The highest BCUT2D eigenvalue weighted by Gasteiger charge is 2.17. The molecule has 0 fully saturated rings. The van der Waals surface area contributed by atoms with Gasteiger partial charge in [0.2, 0.25) is 0 Å². The van der Waals surface area contributed by atoms with E-state index in [0.29, 0.717) is 21.3 Å². The second kappa shape index (κ2) is 10.4. The Morgan fingerprint density at radius 1 is 0.774 bits per heavy atom. The molecule has 0 saturated carbocycles. The van der Waals surface area contributed by atoms with Gasteiger partial charge in [0, 0.05) is 15.7 Å². The van der Waals surface area contributed by atoms with Crippen LogP contribution in [0.2, 0.25) is 10.0 Å². The van der Waals surface area contributed by atoms with Crippen molar-refractivity contribution >= 4 is 58.5 Å². The van der Waals surface area contributed by atoms with E-state index in [0.717, 1.165) is 0 Å². The average Bonchev–Trinajstić information content (AvgIpc) is 2.75. The first-order valence-electron chi connectivity index (χ1n) is 8.98. The minimum atomic E-state index is -0.994. The summed E-state index contributed by atoms with van der Waals surface area (Å²) in [6.45, 7) is 0. The van der Waals surface area contributed by atoms with Crippen molar-refractivity contribution in [2.45, 2.75) is 0 Å². The van der Waals surface area contributed by atoms with Gasteiger partial charge in [-0.2, -0.15) is 5.10 Å². The number of hydrazone groups is 1. The van der Waals surface area contributed by atoms with E-state index in [1.165, 1.54) is 18.3 Å². The maximum Gasteiger partial charge on any atom is 0.329 e. The number of rotatable bonds is 5. The van der Waals surface area contributed by atoms with Crippen molar-refractivity contribution < 1.29 is 14.4 Å². The molecule has 0 spiro atoms. The van der Waals surface area contributed by atoms with Crippen molar-refractivity contribution in [3.63, 3.8) is 0 Å². The van der Waals surface area contributed by atoms with Crippen LogP contribution in [0, 0.1) is 0 Å². The van der Waals surface area contributed by atoms with Crippen molar-refractivity contribution in [2.24, 2.45) is 5.10 Å². The Morgan fingerprint density at radius 2 is 1.52 bits per heavy atom. The van der Waals surface area contributed by atoms with Crippen molar-refractivity contribution in [2.75, 3.05) is 10.6 Å². The summed E-state index contributed by atoms with van der Waals surface area (Å²) < 4.78 is 0. The van der Waals surface area contributed by atoms with Crippen LogP contribution in [0.1, 0.15) is 15.9 Å². The summed E-state index contributed by atoms with van der Waals surface area (Å²) in [6.07, 6.45) is 1.35. The van der Waals surface area contributed by atoms with Crippen LogP contribution in [-0.2, 0) is 9.59 Å². The number of benzene rings is 3. The Morgan fingerprint density at radius 3 is 2.26 bits per heavy atom. The lowest BCUT2D eigenvalue weighted by molar-refractivity contribution is -0.136. The van der Waals surface area contributed by atoms with Gasteiger partial charge in [0.25, 0.3) is 5.91 Å². The number of para-hydroxylation sites is 1. The Hall–Kier alpha value is -3.68. The van der Waals surface area contributed by atoms with Crippen molar-refractivity contribution in [1.82, 2.24) is 5.43 Å². The zero-order chi connectivity index (χ0) is 22.2. The van der Waals surface area contributed by atoms with Crippen LogP contribution < -0.4 is 16.1 Å². The second-order valence-corrected chi connectivity index (χ2v) is 7.09. The number of hydrogen-bond acceptors (Lipinski definition) is 4. The van der Waals surface area contributed by atoms with Crippen molar-refractivity contribution in [1.29, 1.82) is 0 Å². The van der Waals surface area contributed by atoms with Crippen molar-refractivity contribution in [3.8, 4) is 0 Å². The Balaban J connectivity index is 1.63. The van der Waals surface area contributed by atoms with Gasteiger partial charge in [0.15, 0.2) is 0 Å². The summed E-state index contributed by atoms with van der Waals surface area (Å²) in [7, 11) is 0. The van der Waals surface area contributed by atoms with Crippen LogP contribution in [0.3, 0.4) is 0 Å². The van der Waals surface area contributed by atoms with Gasteiger partial charge in [-0.3, -0.25) is 14.4 Å². The monoisotopic (exact) mass is 454 g/mol. The quantitative estimate of drug-likeness (QED) is 0.303. The van der Waals surface area contributed by atoms with E-state index in [1.807, 2.05) is 0 Å². The molecule has 0 atom stereocenters. The van der Waals surface area contributed by atoms with E-state index < -0.39 is 17.7 Å². The van der Waals surface area contributed by atoms with Gasteiger partial charge in [0.1, 0.15) is 0 Å². The normalized spacial score (nSPS) is 10.5. The molecular formula is C22H16Cl2N4O3. The molecule has 9 heteroatoms. The molecule has 3 amide bonds. The third-order valence-corrected chi connectivity index (χ3v) is 4.44. The fraction of sp³-hybridized carbons (Fsp3) is 0. The van der Waals surface area contributed by atoms with Crippen LogP contribution >= 0.6 is 23.2 Å². The summed E-state index contributed by atoms with van der Waals surface area (Å²) >= 11 is 11.7. The maximum absolute atomic E-state index is 12.6. The number of anilines is 2. The lowest BCUT2D eigenvalue weighted by Crippen LogP contribution is -2.33. The lowest BCUT2D eigenvalue weighted by Gasteiger charge is -2.11. The molecule has 0 bridgehead atoms. The summed E-state index contributed by atoms with van der Waals surface area (Å²) in [5.41, 5.74) is 3.66. The van der Waals surface area contributed by atoms with Gasteiger partial charge in [-0.1, -0.05) is 47.5 Å². The fourth-order valence-corrected chi connectivity index (χ4v) is 2.83. The number of carbonyl (C=O) groups excluding carboxylic acids is 3. The molecule has 0 aliphatic heterocycles. The Bertz CT molecular complexity index is 1150. The number of nitrogens with one attached hydrogen (secondary N) is 3. The predicted molar refractivity (Wildman–Crippen MR) is 122 cm³/mol. The Labute approximate surface area is 188 Å². The highest BCUT2D eigenvalue weighted by atomic mass is 35.5. The molecule has 0 unspecified atom stereocenters. The SMILES string of the molecule is O=C(NN=Cc1cccc(Cl)c1)C(=O)Nc1ccccc1C(=O)Nc1ccc(Cl)cc1. The smallest absolute Gasteiger partial charge is 0.322 e. The molecule has 3 rings (SSSR count). The predicted octanol–water partition coefficient (Wildman–Crippen LogP) is 4.33. The minimum absolute atomic E-state index is 0.174. The first kappa shape index (κ1) is 22.0. The zero-order valence-corrected chi connectivity index (χ0v) is 17.4. The van der Waals surface area contributed by atoms with Crippen LogP contribution in [0.4, 0.5) is 11.4 Å². The van der Waals surface area contributed by atoms with Crippen LogP contribution in [0.25, 0.3) is 0 Å². The standard InChI is InChI=1S/C22H16Cl2N4O3/c23-15-8-10-17(11-9-15)26-20(29)18-6-1-2-7-19(18)27-21(30)22(31)28-25-13-14-4-3-5-16(24)12-14/h1-13H,(H,26,29)(H,27,30)(H,28,31). The molecule has 0 heterocycles. The Kier molecular flexibility index (Phi) is 7.37. The van der Waals surface area contributed by atoms with Gasteiger partial charge in [0.05, 0.1) is 17.5 Å². The summed E-state index contributed by atoms with van der Waals surface area (Å²) in [6, 6.07) is 19.7. The number of nitrogens with zero attached hydrogens (tertiary/aromatic N) is 1. The third kappa shape index (κ3) is 6.40. The van der Waals surface area contributed by atoms with Gasteiger partial charge >= 0.3 is 11.8 Å². The van der Waals surface area contributed by atoms with Crippen LogP contribution in [0.15, 0.2) is 77.9 Å². The number of carbonyl (C=O) groups is 3. The van der Waals surface area contributed by atoms with E-state index in [2.05, 4.69) is 21.2 Å². The number of hydrogen-bond donors (Lipinski definition) is 3. The van der Waals surface area contributed by atoms with Crippen LogP contribution in [-0.4, -0.2) is 23.9 Å². The molecule has 31 heavy (non-hydrogen) atoms. The second-order valence-electron chi connectivity index (χ2n) is 6.21. The van der Waals surface area contributed by atoms with E-state index in [1.54, 1.807) is 60.7 Å². The fourth-order valence-electron chi connectivity index (χ4n) is 2.50. The summed E-state index contributed by atoms with van der Waals surface area (Å²) in [4.78, 5) is 36.8. The molecule has 3 aromatic rings. The van der Waals surface area contributed by atoms with Gasteiger partial charge < -0.3 is 10.6 Å². The molecule has 7 nitrogen and oxygen atoms in total. The van der Waals surface area contributed by atoms with E-state index in [-0.39, 0.29) is 11.3 Å². The maximum atomic E-state index is 12.6. The molecule has 3 N–H and O–H groups in total. The minimum Gasteiger partial charge on any atom is -0.322 e. The van der Waals surface area contributed by atoms with E-state index in [9.17, 15) is 14.4 Å². The molecule has 3 aromatic carbocycles. The largest absolute Gasteiger partial charge is 0.329 e. The average molecular weight is 455 g/mol. The third-order valence-electron chi connectivity index (χ3n) is 3.96. The summed E-state index contributed by atoms with van der Waals surface area (Å²) in [5, 5.41) is 9.90. The molecule has 0 aromatic heterocycles. The lowest BCUT2D eigenvalue weighted by atomic mass is 10.1. The molecule has 0 aliphatic carbocycles.